The predicted molar refractivity (Wildman–Crippen MR) is 125 cm³/mol. The molecule has 3 aromatic rings. The van der Waals surface area contributed by atoms with Gasteiger partial charge in [-0.15, -0.1) is 5.54 Å². The van der Waals surface area contributed by atoms with Crippen molar-refractivity contribution >= 4 is 19.0 Å². The van der Waals surface area contributed by atoms with Gasteiger partial charge in [0.15, 0.2) is 0 Å². The van der Waals surface area contributed by atoms with E-state index in [0.717, 1.165) is 33.4 Å². The molecule has 5 heteroatoms. The molecule has 0 radical (unpaired) electrons. The Labute approximate surface area is 179 Å². The van der Waals surface area contributed by atoms with Gasteiger partial charge < -0.3 is 4.98 Å². The van der Waals surface area contributed by atoms with Gasteiger partial charge in [-0.3, -0.25) is 4.79 Å². The Morgan fingerprint density at radius 2 is 1.93 bits per heavy atom. The van der Waals surface area contributed by atoms with E-state index in [9.17, 15) is 10.1 Å². The molecule has 3 rings (SSSR count). The summed E-state index contributed by atoms with van der Waals surface area (Å²) in [6, 6.07) is 16.0. The molecule has 0 aliphatic heterocycles. The van der Waals surface area contributed by atoms with Crippen LogP contribution in [0.3, 0.4) is 0 Å². The zero-order valence-electron chi connectivity index (χ0n) is 18.3. The normalized spacial score (nSPS) is 13.2. The fourth-order valence-corrected chi connectivity index (χ4v) is 3.82. The molecule has 1 N–H and O–H groups in total. The average molecular weight is 414 g/mol. The van der Waals surface area contributed by atoms with E-state index in [1.165, 1.54) is 0 Å². The van der Waals surface area contributed by atoms with Crippen LogP contribution in [0, 0.1) is 22.8 Å². The topological polar surface area (TPSA) is 69.5 Å². The third kappa shape index (κ3) is 4.87. The van der Waals surface area contributed by atoms with Crippen molar-refractivity contribution in [1.29, 1.82) is 5.26 Å². The molecule has 0 amide bonds. The Hall–Kier alpha value is -3.15. The fraction of sp³-hybridized carbons (Fsp3) is 0.320. The SMILES string of the molecule is CCc1cc2ccc(C(C)(C#N)Cc3cccc(C#C[Si](C)(C)C)n3)cc2[nH]c1=O. The average Bonchev–Trinajstić information content (AvgIpc) is 2.71. The number of benzene rings is 1. The van der Waals surface area contributed by atoms with E-state index in [1.807, 2.05) is 56.3 Å². The minimum atomic E-state index is -1.48. The van der Waals surface area contributed by atoms with Crippen LogP contribution in [-0.4, -0.2) is 18.0 Å². The van der Waals surface area contributed by atoms with Gasteiger partial charge in [-0.05, 0) is 48.6 Å². The van der Waals surface area contributed by atoms with E-state index in [0.29, 0.717) is 12.8 Å². The molecule has 0 fully saturated rings. The number of aromatic amines is 1. The Morgan fingerprint density at radius 1 is 1.17 bits per heavy atom. The molecule has 1 unspecified atom stereocenters. The smallest absolute Gasteiger partial charge is 0.251 e. The van der Waals surface area contributed by atoms with Crippen LogP contribution in [0.25, 0.3) is 10.9 Å². The second-order valence-corrected chi connectivity index (χ2v) is 13.7. The number of hydrogen-bond donors (Lipinski definition) is 1. The maximum absolute atomic E-state index is 12.2. The highest BCUT2D eigenvalue weighted by Crippen LogP contribution is 2.29. The number of hydrogen-bond acceptors (Lipinski definition) is 3. The fourth-order valence-electron chi connectivity index (χ4n) is 3.32. The number of nitrogens with zero attached hydrogens (tertiary/aromatic N) is 2. The molecule has 1 aromatic carbocycles. The lowest BCUT2D eigenvalue weighted by atomic mass is 9.79. The van der Waals surface area contributed by atoms with Crippen molar-refractivity contribution in [2.45, 2.75) is 51.7 Å². The van der Waals surface area contributed by atoms with Gasteiger partial charge in [0.05, 0.1) is 11.5 Å². The van der Waals surface area contributed by atoms with Crippen molar-refractivity contribution in [3.63, 3.8) is 0 Å². The number of rotatable bonds is 4. The Kier molecular flexibility index (Phi) is 5.96. The summed E-state index contributed by atoms with van der Waals surface area (Å²) in [4.78, 5) is 19.8. The van der Waals surface area contributed by atoms with Gasteiger partial charge in [0.1, 0.15) is 13.8 Å². The van der Waals surface area contributed by atoms with E-state index < -0.39 is 13.5 Å². The van der Waals surface area contributed by atoms with Gasteiger partial charge in [-0.1, -0.05) is 50.7 Å². The predicted octanol–water partition coefficient (Wildman–Crippen LogP) is 4.74. The number of nitrogens with one attached hydrogen (secondary N) is 1. The number of nitriles is 1. The maximum atomic E-state index is 12.2. The summed E-state index contributed by atoms with van der Waals surface area (Å²) in [5.74, 6) is 3.19. The first kappa shape index (κ1) is 21.6. The van der Waals surface area contributed by atoms with Crippen LogP contribution in [0.1, 0.15) is 36.4 Å². The summed E-state index contributed by atoms with van der Waals surface area (Å²) < 4.78 is 0. The molecule has 152 valence electrons. The van der Waals surface area contributed by atoms with Crippen molar-refractivity contribution in [3.8, 4) is 17.5 Å². The number of fused-ring (bicyclic) bond motifs is 1. The summed E-state index contributed by atoms with van der Waals surface area (Å²) >= 11 is 0. The highest BCUT2D eigenvalue weighted by molar-refractivity contribution is 6.83. The second kappa shape index (κ2) is 8.30. The minimum Gasteiger partial charge on any atom is -0.322 e. The number of aromatic nitrogens is 2. The van der Waals surface area contributed by atoms with Gasteiger partial charge in [-0.25, -0.2) is 4.98 Å². The largest absolute Gasteiger partial charge is 0.322 e. The van der Waals surface area contributed by atoms with Crippen LogP contribution >= 0.6 is 0 Å². The molecule has 0 spiro atoms. The van der Waals surface area contributed by atoms with E-state index in [-0.39, 0.29) is 5.56 Å². The number of H-pyrrole nitrogens is 1. The van der Waals surface area contributed by atoms with Gasteiger partial charge in [0.2, 0.25) is 0 Å². The van der Waals surface area contributed by atoms with Crippen molar-refractivity contribution in [2.24, 2.45) is 0 Å². The first-order chi connectivity index (χ1) is 14.1. The summed E-state index contributed by atoms with van der Waals surface area (Å²) in [5.41, 5.74) is 6.43. The van der Waals surface area contributed by atoms with Gasteiger partial charge >= 0.3 is 0 Å². The van der Waals surface area contributed by atoms with Gasteiger partial charge in [-0.2, -0.15) is 5.26 Å². The van der Waals surface area contributed by atoms with Crippen LogP contribution in [0.15, 0.2) is 47.3 Å². The van der Waals surface area contributed by atoms with E-state index >= 15 is 0 Å². The van der Waals surface area contributed by atoms with Crippen LogP contribution in [0.4, 0.5) is 0 Å². The van der Waals surface area contributed by atoms with Crippen molar-refractivity contribution in [1.82, 2.24) is 9.97 Å². The monoisotopic (exact) mass is 413 g/mol. The second-order valence-electron chi connectivity index (χ2n) is 8.91. The molecule has 4 nitrogen and oxygen atoms in total. The summed E-state index contributed by atoms with van der Waals surface area (Å²) in [6.07, 6.45) is 1.15. The third-order valence-corrected chi connectivity index (χ3v) is 5.97. The Bertz CT molecular complexity index is 1250. The zero-order chi connectivity index (χ0) is 21.9. The van der Waals surface area contributed by atoms with E-state index in [1.54, 1.807) is 0 Å². The lowest BCUT2D eigenvalue weighted by Gasteiger charge is -2.22. The molecule has 30 heavy (non-hydrogen) atoms. The number of pyridine rings is 2. The van der Waals surface area contributed by atoms with E-state index in [2.05, 4.69) is 47.1 Å². The lowest BCUT2D eigenvalue weighted by molar-refractivity contribution is 0.597. The first-order valence-corrected chi connectivity index (χ1v) is 13.7. The molecule has 0 aliphatic rings. The lowest BCUT2D eigenvalue weighted by Crippen LogP contribution is -2.24. The molecule has 2 heterocycles. The Morgan fingerprint density at radius 3 is 2.60 bits per heavy atom. The standard InChI is InChI=1S/C25H27N3OSi/c1-6-18-14-19-10-11-20(15-23(19)28-24(18)29)25(2,17-26)16-22-9-7-8-21(27-22)12-13-30(3,4)5/h7-11,14-15H,6,16H2,1-5H3,(H,28,29). The zero-order valence-corrected chi connectivity index (χ0v) is 19.3. The minimum absolute atomic E-state index is 0.0730. The maximum Gasteiger partial charge on any atom is 0.251 e. The van der Waals surface area contributed by atoms with Gasteiger partial charge in [0.25, 0.3) is 5.56 Å². The van der Waals surface area contributed by atoms with Gasteiger partial charge in [0, 0.05) is 23.2 Å². The molecule has 0 aliphatic carbocycles. The third-order valence-electron chi connectivity index (χ3n) is 5.09. The molecular formula is C25H27N3OSi. The molecule has 1 atom stereocenters. The summed E-state index contributed by atoms with van der Waals surface area (Å²) in [5, 5.41) is 11.0. The molecule has 0 bridgehead atoms. The molecule has 0 saturated heterocycles. The van der Waals surface area contributed by atoms with Crippen molar-refractivity contribution in [3.05, 3.63) is 75.3 Å². The highest BCUT2D eigenvalue weighted by Gasteiger charge is 2.28. The van der Waals surface area contributed by atoms with Crippen molar-refractivity contribution in [2.75, 3.05) is 0 Å². The van der Waals surface area contributed by atoms with Crippen LogP contribution in [0.5, 0.6) is 0 Å². The molecule has 2 aromatic heterocycles. The molecular weight excluding hydrogens is 386 g/mol. The number of aryl methyl sites for hydroxylation is 1. The van der Waals surface area contributed by atoms with Crippen LogP contribution < -0.4 is 5.56 Å². The van der Waals surface area contributed by atoms with Crippen LogP contribution in [0.2, 0.25) is 19.6 Å². The highest BCUT2D eigenvalue weighted by atomic mass is 28.3. The Balaban J connectivity index is 1.97. The summed E-state index contributed by atoms with van der Waals surface area (Å²) in [7, 11) is -1.48. The first-order valence-electron chi connectivity index (χ1n) is 10.2. The quantitative estimate of drug-likeness (QED) is 0.496. The van der Waals surface area contributed by atoms with Crippen LogP contribution in [-0.2, 0) is 18.3 Å². The van der Waals surface area contributed by atoms with Crippen molar-refractivity contribution < 1.29 is 0 Å². The summed E-state index contributed by atoms with van der Waals surface area (Å²) in [6.45, 7) is 10.5. The van der Waals surface area contributed by atoms with E-state index in [4.69, 9.17) is 0 Å². The molecule has 0 saturated carbocycles.